The number of halogens is 1. The van der Waals surface area contributed by atoms with E-state index in [4.69, 9.17) is 21.5 Å². The molecule has 0 aliphatic rings. The summed E-state index contributed by atoms with van der Waals surface area (Å²) in [7, 11) is -3.72. The summed E-state index contributed by atoms with van der Waals surface area (Å²) < 4.78 is 28.1. The minimum atomic E-state index is -3.72. The number of carbonyl (C=O) groups excluding carboxylic acids is 1. The van der Waals surface area contributed by atoms with Crippen molar-refractivity contribution in [1.82, 2.24) is 5.32 Å². The number of nitrogens with two attached hydrogens (primary N) is 1. The van der Waals surface area contributed by atoms with E-state index in [0.29, 0.717) is 10.8 Å². The lowest BCUT2D eigenvalue weighted by Gasteiger charge is -2.16. The first-order valence-electron chi connectivity index (χ1n) is 7.49. The van der Waals surface area contributed by atoms with Crippen molar-refractivity contribution in [3.05, 3.63) is 58.6 Å². The number of nitrogens with one attached hydrogen (secondary N) is 1. The molecule has 25 heavy (non-hydrogen) atoms. The molecule has 0 heterocycles. The predicted molar refractivity (Wildman–Crippen MR) is 95.9 cm³/mol. The van der Waals surface area contributed by atoms with Crippen LogP contribution < -0.4 is 15.2 Å². The molecule has 0 radical (unpaired) electrons. The summed E-state index contributed by atoms with van der Waals surface area (Å²) in [6.45, 7) is 3.74. The van der Waals surface area contributed by atoms with Crippen LogP contribution in [-0.2, 0) is 21.4 Å². The number of hydrogen-bond donors (Lipinski definition) is 2. The van der Waals surface area contributed by atoms with Crippen LogP contribution in [0.4, 0.5) is 0 Å². The topological polar surface area (TPSA) is 98.5 Å². The number of amides is 1. The van der Waals surface area contributed by atoms with Crippen molar-refractivity contribution in [2.75, 3.05) is 0 Å². The van der Waals surface area contributed by atoms with Crippen molar-refractivity contribution in [3.8, 4) is 5.75 Å². The minimum absolute atomic E-state index is 0.0255. The molecule has 0 aliphatic heterocycles. The van der Waals surface area contributed by atoms with E-state index in [1.165, 1.54) is 12.1 Å². The quantitative estimate of drug-likeness (QED) is 0.801. The van der Waals surface area contributed by atoms with Crippen molar-refractivity contribution >= 4 is 27.5 Å². The fourth-order valence-electron chi connectivity index (χ4n) is 2.12. The molecule has 8 heteroatoms. The smallest absolute Gasteiger partial charge is 0.261 e. The SMILES string of the molecule is Cc1cc(Cl)ccc1OC(C)C(=O)NCc1ccc(S(N)(=O)=O)cc1. The Kier molecular flexibility index (Phi) is 6.05. The van der Waals surface area contributed by atoms with Crippen LogP contribution in [0, 0.1) is 6.92 Å². The van der Waals surface area contributed by atoms with E-state index in [1.54, 1.807) is 37.3 Å². The first-order valence-corrected chi connectivity index (χ1v) is 9.41. The third kappa shape index (κ3) is 5.45. The fourth-order valence-corrected chi connectivity index (χ4v) is 2.86. The van der Waals surface area contributed by atoms with Gasteiger partial charge in [-0.2, -0.15) is 0 Å². The Morgan fingerprint density at radius 1 is 1.24 bits per heavy atom. The number of benzene rings is 2. The maximum atomic E-state index is 12.1. The number of rotatable bonds is 6. The van der Waals surface area contributed by atoms with Crippen LogP contribution in [-0.4, -0.2) is 20.4 Å². The molecule has 2 aromatic carbocycles. The van der Waals surface area contributed by atoms with Gasteiger partial charge >= 0.3 is 0 Å². The van der Waals surface area contributed by atoms with E-state index in [0.717, 1.165) is 11.1 Å². The molecule has 0 aliphatic carbocycles. The molecule has 0 saturated heterocycles. The van der Waals surface area contributed by atoms with Crippen LogP contribution in [0.2, 0.25) is 5.02 Å². The Hall–Kier alpha value is -2.09. The van der Waals surface area contributed by atoms with E-state index < -0.39 is 16.1 Å². The number of carbonyl (C=O) groups is 1. The zero-order valence-corrected chi connectivity index (χ0v) is 15.4. The Labute approximate surface area is 152 Å². The second-order valence-electron chi connectivity index (χ2n) is 5.58. The maximum Gasteiger partial charge on any atom is 0.261 e. The number of sulfonamides is 1. The van der Waals surface area contributed by atoms with Gasteiger partial charge in [-0.15, -0.1) is 0 Å². The van der Waals surface area contributed by atoms with E-state index in [9.17, 15) is 13.2 Å². The van der Waals surface area contributed by atoms with Crippen molar-refractivity contribution in [2.24, 2.45) is 5.14 Å². The first-order chi connectivity index (χ1) is 11.7. The molecule has 0 bridgehead atoms. The Bertz CT molecular complexity index is 867. The monoisotopic (exact) mass is 382 g/mol. The number of aryl methyl sites for hydroxylation is 1. The summed E-state index contributed by atoms with van der Waals surface area (Å²) >= 11 is 5.89. The molecule has 0 spiro atoms. The molecule has 0 aromatic heterocycles. The average Bonchev–Trinajstić information content (AvgIpc) is 2.54. The van der Waals surface area contributed by atoms with Crippen molar-refractivity contribution < 1.29 is 17.9 Å². The van der Waals surface area contributed by atoms with Crippen LogP contribution in [0.1, 0.15) is 18.1 Å². The zero-order valence-electron chi connectivity index (χ0n) is 13.8. The van der Waals surface area contributed by atoms with Gasteiger partial charge in [-0.05, 0) is 55.3 Å². The number of hydrogen-bond acceptors (Lipinski definition) is 4. The molecule has 0 saturated carbocycles. The highest BCUT2D eigenvalue weighted by molar-refractivity contribution is 7.89. The molecule has 3 N–H and O–H groups in total. The third-order valence-electron chi connectivity index (χ3n) is 3.53. The molecule has 2 aromatic rings. The van der Waals surface area contributed by atoms with Gasteiger partial charge in [0.2, 0.25) is 10.0 Å². The Morgan fingerprint density at radius 2 is 1.88 bits per heavy atom. The lowest BCUT2D eigenvalue weighted by atomic mass is 10.2. The van der Waals surface area contributed by atoms with Crippen molar-refractivity contribution in [3.63, 3.8) is 0 Å². The van der Waals surface area contributed by atoms with Crippen molar-refractivity contribution in [1.29, 1.82) is 0 Å². The van der Waals surface area contributed by atoms with Gasteiger partial charge in [-0.25, -0.2) is 13.6 Å². The predicted octanol–water partition coefficient (Wildman–Crippen LogP) is 2.38. The van der Waals surface area contributed by atoms with E-state index in [2.05, 4.69) is 5.32 Å². The van der Waals surface area contributed by atoms with E-state index in [-0.39, 0.29) is 17.3 Å². The lowest BCUT2D eigenvalue weighted by molar-refractivity contribution is -0.127. The molecular formula is C17H19ClN2O4S. The standard InChI is InChI=1S/C17H19ClN2O4S/c1-11-9-14(18)5-8-16(11)24-12(2)17(21)20-10-13-3-6-15(7-4-13)25(19,22)23/h3-9,12H,10H2,1-2H3,(H,20,21)(H2,19,22,23). The second-order valence-corrected chi connectivity index (χ2v) is 7.57. The minimum Gasteiger partial charge on any atom is -0.481 e. The highest BCUT2D eigenvalue weighted by Crippen LogP contribution is 2.22. The van der Waals surface area contributed by atoms with E-state index in [1.807, 2.05) is 6.92 Å². The van der Waals surface area contributed by atoms with Crippen LogP contribution >= 0.6 is 11.6 Å². The summed E-state index contributed by atoms with van der Waals surface area (Å²) in [6.07, 6.45) is -0.691. The van der Waals surface area contributed by atoms with Gasteiger partial charge < -0.3 is 10.1 Å². The average molecular weight is 383 g/mol. The molecule has 6 nitrogen and oxygen atoms in total. The Balaban J connectivity index is 1.93. The van der Waals surface area contributed by atoms with Gasteiger partial charge in [-0.1, -0.05) is 23.7 Å². The molecule has 2 rings (SSSR count). The third-order valence-corrected chi connectivity index (χ3v) is 4.69. The number of primary sulfonamides is 1. The van der Waals surface area contributed by atoms with Gasteiger partial charge in [0, 0.05) is 11.6 Å². The molecular weight excluding hydrogens is 364 g/mol. The molecule has 0 fully saturated rings. The summed E-state index contributed by atoms with van der Waals surface area (Å²) in [4.78, 5) is 12.2. The summed E-state index contributed by atoms with van der Waals surface area (Å²) in [5, 5.41) is 8.38. The molecule has 1 unspecified atom stereocenters. The maximum absolute atomic E-state index is 12.1. The van der Waals surface area contributed by atoms with Gasteiger partial charge in [0.1, 0.15) is 5.75 Å². The van der Waals surface area contributed by atoms with Gasteiger partial charge in [0.15, 0.2) is 6.10 Å². The van der Waals surface area contributed by atoms with Gasteiger partial charge in [0.25, 0.3) is 5.91 Å². The highest BCUT2D eigenvalue weighted by Gasteiger charge is 2.15. The largest absolute Gasteiger partial charge is 0.481 e. The van der Waals surface area contributed by atoms with Crippen LogP contribution in [0.3, 0.4) is 0 Å². The summed E-state index contributed by atoms with van der Waals surface area (Å²) in [6, 6.07) is 11.1. The molecule has 1 atom stereocenters. The highest BCUT2D eigenvalue weighted by atomic mass is 35.5. The van der Waals surface area contributed by atoms with Crippen LogP contribution in [0.5, 0.6) is 5.75 Å². The zero-order chi connectivity index (χ0) is 18.6. The summed E-state index contributed by atoms with van der Waals surface area (Å²) in [5.74, 6) is 0.300. The van der Waals surface area contributed by atoms with Gasteiger partial charge in [0.05, 0.1) is 4.90 Å². The fraction of sp³-hybridized carbons (Fsp3) is 0.235. The summed E-state index contributed by atoms with van der Waals surface area (Å²) in [5.41, 5.74) is 1.58. The van der Waals surface area contributed by atoms with Crippen LogP contribution in [0.15, 0.2) is 47.4 Å². The number of ether oxygens (including phenoxy) is 1. The Morgan fingerprint density at radius 3 is 2.44 bits per heavy atom. The first kappa shape index (κ1) is 19.2. The van der Waals surface area contributed by atoms with E-state index >= 15 is 0 Å². The normalized spacial score (nSPS) is 12.5. The van der Waals surface area contributed by atoms with Crippen LogP contribution in [0.25, 0.3) is 0 Å². The van der Waals surface area contributed by atoms with Gasteiger partial charge in [-0.3, -0.25) is 4.79 Å². The van der Waals surface area contributed by atoms with Crippen molar-refractivity contribution in [2.45, 2.75) is 31.4 Å². The second kappa shape index (κ2) is 7.86. The lowest BCUT2D eigenvalue weighted by Crippen LogP contribution is -2.36. The molecule has 134 valence electrons. The molecule has 1 amide bonds.